The molecule has 192 valence electrons. The van der Waals surface area contributed by atoms with Crippen LogP contribution in [0.2, 0.25) is 0 Å². The molecule has 9 heteroatoms. The second-order valence-corrected chi connectivity index (χ2v) is 12.2. The first-order valence-electron chi connectivity index (χ1n) is 12.6. The van der Waals surface area contributed by atoms with Gasteiger partial charge in [0.05, 0.1) is 11.4 Å². The first-order chi connectivity index (χ1) is 18.0. The van der Waals surface area contributed by atoms with E-state index in [4.69, 9.17) is 26.4 Å². The summed E-state index contributed by atoms with van der Waals surface area (Å²) in [5.74, 6) is 2.93. The number of hydrogen-bond acceptors (Lipinski definition) is 6. The highest BCUT2D eigenvalue weighted by molar-refractivity contribution is 9.10. The Labute approximate surface area is 234 Å². The van der Waals surface area contributed by atoms with E-state index in [-0.39, 0.29) is 12.7 Å². The molecule has 6 nitrogen and oxygen atoms in total. The Balaban J connectivity index is 1.18. The molecule has 1 aromatic heterocycles. The van der Waals surface area contributed by atoms with Gasteiger partial charge in [0.15, 0.2) is 11.5 Å². The van der Waals surface area contributed by atoms with E-state index in [0.29, 0.717) is 28.1 Å². The molecule has 3 aromatic rings. The van der Waals surface area contributed by atoms with Crippen molar-refractivity contribution >= 4 is 67.1 Å². The molecule has 37 heavy (non-hydrogen) atoms. The van der Waals surface area contributed by atoms with E-state index in [1.165, 1.54) is 37.4 Å². The predicted molar refractivity (Wildman–Crippen MR) is 154 cm³/mol. The second-order valence-electron chi connectivity index (χ2n) is 9.58. The van der Waals surface area contributed by atoms with E-state index < -0.39 is 0 Å². The van der Waals surface area contributed by atoms with Crippen LogP contribution >= 0.6 is 39.9 Å². The van der Waals surface area contributed by atoms with Crippen LogP contribution in [0.1, 0.15) is 37.7 Å². The zero-order valence-electron chi connectivity index (χ0n) is 20.3. The van der Waals surface area contributed by atoms with E-state index >= 15 is 0 Å². The zero-order valence-corrected chi connectivity index (χ0v) is 23.5. The molecular formula is C28H27BrN2O4S2. The Morgan fingerprint density at radius 3 is 2.81 bits per heavy atom. The first kappa shape index (κ1) is 24.8. The Bertz CT molecular complexity index is 1400. The van der Waals surface area contributed by atoms with Crippen molar-refractivity contribution in [3.63, 3.8) is 0 Å². The number of fused-ring (bicyclic) bond motifs is 2. The summed E-state index contributed by atoms with van der Waals surface area (Å²) in [6, 6.07) is 11.8. The van der Waals surface area contributed by atoms with Gasteiger partial charge in [0, 0.05) is 39.7 Å². The van der Waals surface area contributed by atoms with Crippen molar-refractivity contribution < 1.29 is 19.0 Å². The zero-order chi connectivity index (χ0) is 25.4. The lowest BCUT2D eigenvalue weighted by molar-refractivity contribution is -0.122. The SMILES string of the molecule is O=C1/C(=C/c2cn(CCOc3ccc4c(c3)OCO4)c3ccc(Br)cc23)SC(=S)N1CCC1CCCC1. The third-order valence-corrected chi connectivity index (χ3v) is 9.09. The van der Waals surface area contributed by atoms with Gasteiger partial charge >= 0.3 is 0 Å². The lowest BCUT2D eigenvalue weighted by Gasteiger charge is -2.17. The molecule has 1 saturated heterocycles. The minimum absolute atomic E-state index is 0.0232. The first-order valence-corrected chi connectivity index (χ1v) is 14.6. The van der Waals surface area contributed by atoms with E-state index in [0.717, 1.165) is 51.3 Å². The van der Waals surface area contributed by atoms with Crippen LogP contribution in [0.4, 0.5) is 0 Å². The van der Waals surface area contributed by atoms with Crippen LogP contribution < -0.4 is 14.2 Å². The molecule has 1 amide bonds. The van der Waals surface area contributed by atoms with Crippen molar-refractivity contribution in [1.29, 1.82) is 0 Å². The number of rotatable bonds is 8. The molecule has 3 aliphatic rings. The lowest BCUT2D eigenvalue weighted by atomic mass is 10.0. The highest BCUT2D eigenvalue weighted by Crippen LogP contribution is 2.37. The number of thiocarbonyl (C=S) groups is 1. The lowest BCUT2D eigenvalue weighted by Crippen LogP contribution is -2.30. The molecule has 1 aliphatic carbocycles. The standard InChI is InChI=1S/C28H27BrN2O4S2/c29-20-5-7-23-22(14-20)19(13-26-27(32)31(28(36)37-26)10-9-18-3-1-2-4-18)16-30(23)11-12-33-21-6-8-24-25(15-21)35-17-34-24/h5-8,13-16,18H,1-4,9-12,17H2/b26-13-. The third-order valence-electron chi connectivity index (χ3n) is 7.21. The fourth-order valence-electron chi connectivity index (χ4n) is 5.27. The van der Waals surface area contributed by atoms with Crippen molar-refractivity contribution in [2.45, 2.75) is 38.6 Å². The summed E-state index contributed by atoms with van der Waals surface area (Å²) >= 11 is 10.6. The van der Waals surface area contributed by atoms with Crippen molar-refractivity contribution in [2.75, 3.05) is 19.9 Å². The number of nitrogens with zero attached hydrogens (tertiary/aromatic N) is 2. The summed E-state index contributed by atoms with van der Waals surface area (Å²) in [6.45, 7) is 2.11. The summed E-state index contributed by atoms with van der Waals surface area (Å²) in [5, 5.41) is 1.08. The van der Waals surface area contributed by atoms with Crippen LogP contribution in [0.15, 0.2) is 52.0 Å². The minimum Gasteiger partial charge on any atom is -0.492 e. The molecule has 0 N–H and O–H groups in total. The van der Waals surface area contributed by atoms with Gasteiger partial charge in [-0.05, 0) is 48.7 Å². The molecule has 6 rings (SSSR count). The number of thioether (sulfide) groups is 1. The molecule has 0 atom stereocenters. The van der Waals surface area contributed by atoms with E-state index in [1.807, 2.05) is 30.3 Å². The number of halogens is 1. The minimum atomic E-state index is 0.0232. The van der Waals surface area contributed by atoms with Gasteiger partial charge in [0.1, 0.15) is 16.7 Å². The van der Waals surface area contributed by atoms with E-state index in [2.05, 4.69) is 38.8 Å². The van der Waals surface area contributed by atoms with Crippen molar-refractivity contribution in [3.8, 4) is 17.2 Å². The number of aromatic nitrogens is 1. The largest absolute Gasteiger partial charge is 0.492 e. The quantitative estimate of drug-likeness (QED) is 0.206. The van der Waals surface area contributed by atoms with Crippen LogP contribution in [0.5, 0.6) is 17.2 Å². The molecule has 0 spiro atoms. The van der Waals surface area contributed by atoms with Crippen LogP contribution in [0.3, 0.4) is 0 Å². The van der Waals surface area contributed by atoms with Gasteiger partial charge in [-0.2, -0.15) is 0 Å². The average molecular weight is 600 g/mol. The van der Waals surface area contributed by atoms with Gasteiger partial charge in [-0.25, -0.2) is 0 Å². The van der Waals surface area contributed by atoms with Crippen LogP contribution in [0, 0.1) is 5.92 Å². The summed E-state index contributed by atoms with van der Waals surface area (Å²) in [6.07, 6.45) is 10.3. The summed E-state index contributed by atoms with van der Waals surface area (Å²) < 4.78 is 20.6. The molecular weight excluding hydrogens is 572 g/mol. The number of amides is 1. The summed E-state index contributed by atoms with van der Waals surface area (Å²) in [7, 11) is 0. The molecule has 2 aromatic carbocycles. The Kier molecular flexibility index (Phi) is 7.18. The van der Waals surface area contributed by atoms with E-state index in [9.17, 15) is 4.79 Å². The molecule has 0 radical (unpaired) electrons. The van der Waals surface area contributed by atoms with Crippen molar-refractivity contribution in [2.24, 2.45) is 5.92 Å². The highest BCUT2D eigenvalue weighted by atomic mass is 79.9. The third kappa shape index (κ3) is 5.26. The number of hydrogen-bond donors (Lipinski definition) is 0. The van der Waals surface area contributed by atoms with Crippen molar-refractivity contribution in [3.05, 3.63) is 57.5 Å². The Morgan fingerprint density at radius 1 is 1.11 bits per heavy atom. The average Bonchev–Trinajstić information content (AvgIpc) is 3.67. The maximum atomic E-state index is 13.2. The number of carbonyl (C=O) groups is 1. The smallest absolute Gasteiger partial charge is 0.266 e. The summed E-state index contributed by atoms with van der Waals surface area (Å²) in [5.41, 5.74) is 2.08. The predicted octanol–water partition coefficient (Wildman–Crippen LogP) is 6.99. The topological polar surface area (TPSA) is 52.9 Å². The highest BCUT2D eigenvalue weighted by Gasteiger charge is 2.32. The Hall–Kier alpha value is -2.49. The van der Waals surface area contributed by atoms with Gasteiger partial charge < -0.3 is 18.8 Å². The van der Waals surface area contributed by atoms with Gasteiger partial charge in [0.25, 0.3) is 5.91 Å². The van der Waals surface area contributed by atoms with Gasteiger partial charge in [0.2, 0.25) is 6.79 Å². The van der Waals surface area contributed by atoms with Gasteiger partial charge in [-0.3, -0.25) is 9.69 Å². The molecule has 2 fully saturated rings. The number of ether oxygens (including phenoxy) is 3. The molecule has 2 aliphatic heterocycles. The molecule has 0 unspecified atom stereocenters. The number of carbonyl (C=O) groups excluding carboxylic acids is 1. The fourth-order valence-corrected chi connectivity index (χ4v) is 6.93. The van der Waals surface area contributed by atoms with E-state index in [1.54, 1.807) is 4.90 Å². The maximum Gasteiger partial charge on any atom is 0.266 e. The van der Waals surface area contributed by atoms with Gasteiger partial charge in [-0.1, -0.05) is 65.6 Å². The normalized spacial score (nSPS) is 18.6. The maximum absolute atomic E-state index is 13.2. The van der Waals surface area contributed by atoms with Gasteiger partial charge in [-0.15, -0.1) is 0 Å². The monoisotopic (exact) mass is 598 g/mol. The van der Waals surface area contributed by atoms with Crippen LogP contribution in [-0.4, -0.2) is 39.6 Å². The molecule has 1 saturated carbocycles. The van der Waals surface area contributed by atoms with Crippen molar-refractivity contribution in [1.82, 2.24) is 9.47 Å². The van der Waals surface area contributed by atoms with Crippen LogP contribution in [-0.2, 0) is 11.3 Å². The molecule has 0 bridgehead atoms. The Morgan fingerprint density at radius 2 is 1.95 bits per heavy atom. The van der Waals surface area contributed by atoms with Crippen LogP contribution in [0.25, 0.3) is 17.0 Å². The number of benzene rings is 2. The second kappa shape index (κ2) is 10.7. The molecule has 3 heterocycles. The fraction of sp³-hybridized carbons (Fsp3) is 0.357. The summed E-state index contributed by atoms with van der Waals surface area (Å²) in [4.78, 5) is 15.7.